The summed E-state index contributed by atoms with van der Waals surface area (Å²) >= 11 is 1.68. The Morgan fingerprint density at radius 3 is 1.98 bits per heavy atom. The van der Waals surface area contributed by atoms with Crippen molar-refractivity contribution >= 4 is 73.0 Å². The van der Waals surface area contributed by atoms with Gasteiger partial charge in [0.1, 0.15) is 0 Å². The van der Waals surface area contributed by atoms with Crippen LogP contribution in [0.5, 0.6) is 0 Å². The molecule has 14 rings (SSSR count). The second-order valence-corrected chi connectivity index (χ2v) is 19.0. The Kier molecular flexibility index (Phi) is 6.46. The van der Waals surface area contributed by atoms with Gasteiger partial charge >= 0.3 is 0 Å². The second-order valence-electron chi connectivity index (χ2n) is 17.9. The molecular weight excluding hydrogens is 761 g/mol. The van der Waals surface area contributed by atoms with Gasteiger partial charge in [0.05, 0.1) is 16.6 Å². The highest BCUT2D eigenvalue weighted by atomic mass is 32.2. The van der Waals surface area contributed by atoms with Gasteiger partial charge in [-0.25, -0.2) is 0 Å². The highest BCUT2D eigenvalue weighted by molar-refractivity contribution is 8.00. The summed E-state index contributed by atoms with van der Waals surface area (Å²) in [4.78, 5) is 32.6. The van der Waals surface area contributed by atoms with Crippen LogP contribution in [0.15, 0.2) is 171 Å². The molecule has 0 saturated heterocycles. The van der Waals surface area contributed by atoms with E-state index in [0.29, 0.717) is 38.9 Å². The predicted octanol–water partition coefficient (Wildman–Crippen LogP) is 10.0. The fourth-order valence-corrected chi connectivity index (χ4v) is 14.1. The Bertz CT molecular complexity index is 3780. The molecule has 3 unspecified atom stereocenters. The van der Waals surface area contributed by atoms with E-state index in [1.165, 1.54) is 61.0 Å². The molecule has 61 heavy (non-hydrogen) atoms. The zero-order valence-electron chi connectivity index (χ0n) is 33.8. The number of nitrogens with zero attached hydrogens (tertiary/aromatic N) is 1. The average Bonchev–Trinajstić information content (AvgIpc) is 3.49. The molecule has 4 aliphatic rings. The first-order valence-corrected chi connectivity index (χ1v) is 22.2. The maximum Gasteiger partial charge on any atom is 0.245 e. The predicted molar refractivity (Wildman–Crippen MR) is 252 cm³/mol. The van der Waals surface area contributed by atoms with Crippen LogP contribution in [0, 0.1) is 20.8 Å². The summed E-state index contributed by atoms with van der Waals surface area (Å²) in [5.74, 6) is 0.710. The van der Waals surface area contributed by atoms with Crippen LogP contribution < -0.4 is 27.2 Å². The van der Waals surface area contributed by atoms with Crippen LogP contribution >= 0.6 is 11.8 Å². The molecule has 8 aromatic carbocycles. The molecular formula is C56H36BNO2S. The lowest BCUT2D eigenvalue weighted by Gasteiger charge is -2.58. The van der Waals surface area contributed by atoms with Crippen molar-refractivity contribution in [2.45, 2.75) is 47.8 Å². The van der Waals surface area contributed by atoms with E-state index < -0.39 is 0 Å². The lowest BCUT2D eigenvalue weighted by molar-refractivity contribution is 0.333. The lowest BCUT2D eigenvalue weighted by atomic mass is 9.34. The Balaban J connectivity index is 1.02. The van der Waals surface area contributed by atoms with Gasteiger partial charge in [-0.2, -0.15) is 0 Å². The van der Waals surface area contributed by atoms with Crippen LogP contribution in [0.3, 0.4) is 0 Å². The van der Waals surface area contributed by atoms with Gasteiger partial charge in [-0.15, -0.1) is 0 Å². The topological polar surface area (TPSA) is 38.5 Å². The quantitative estimate of drug-likeness (QED) is 0.0994. The van der Waals surface area contributed by atoms with Gasteiger partial charge in [0.15, 0.2) is 10.9 Å². The number of fused-ring (bicyclic) bond motifs is 14. The Hall–Kier alpha value is -6.69. The summed E-state index contributed by atoms with van der Waals surface area (Å²) in [7, 11) is 0. The van der Waals surface area contributed by atoms with Crippen molar-refractivity contribution < 1.29 is 0 Å². The molecule has 0 bridgehead atoms. The van der Waals surface area contributed by atoms with Crippen molar-refractivity contribution in [1.29, 1.82) is 0 Å². The second kappa shape index (κ2) is 11.6. The third kappa shape index (κ3) is 4.00. The standard InChI is InChI=1S/C56H36BNO2S/c1-29-24-30(2)51(31(3)25-29)57-43-17-9-11-19-46(43)61-47-28-40-53-48(52(47)57)55(60)37-15-7-10-18-44(37)58(53)45-23-21-33(27-39(45)54(40)59)32-20-22-42-38(26-32)50-35-13-5-4-12-34(35)49-36-14-6-8-16-41(36)56(42,49)50/h4-28,49-50H,1-3H3. The van der Waals surface area contributed by atoms with Crippen molar-refractivity contribution in [2.24, 2.45) is 0 Å². The summed E-state index contributed by atoms with van der Waals surface area (Å²) < 4.78 is 2.21. The minimum atomic E-state index is -0.173. The lowest BCUT2D eigenvalue weighted by Crippen LogP contribution is -2.57. The van der Waals surface area contributed by atoms with Crippen LogP contribution in [-0.4, -0.2) is 11.1 Å². The highest BCUT2D eigenvalue weighted by Gasteiger charge is 2.69. The molecule has 10 aromatic rings. The molecule has 3 atom stereocenters. The summed E-state index contributed by atoms with van der Waals surface area (Å²) in [6, 6.07) is 54.6. The number of hydrogen-bond acceptors (Lipinski definition) is 3. The zero-order valence-corrected chi connectivity index (χ0v) is 34.7. The normalized spacial score (nSPS) is 18.8. The van der Waals surface area contributed by atoms with E-state index >= 15 is 9.59 Å². The van der Waals surface area contributed by atoms with E-state index in [9.17, 15) is 0 Å². The molecule has 0 saturated carbocycles. The first-order chi connectivity index (χ1) is 29.8. The molecule has 286 valence electrons. The van der Waals surface area contributed by atoms with E-state index in [2.05, 4.69) is 153 Å². The van der Waals surface area contributed by atoms with Crippen LogP contribution in [-0.2, 0) is 5.41 Å². The Morgan fingerprint density at radius 2 is 1.16 bits per heavy atom. The number of benzene rings is 8. The average molecular weight is 798 g/mol. The maximum atomic E-state index is 15.3. The van der Waals surface area contributed by atoms with E-state index in [1.807, 2.05) is 24.3 Å². The van der Waals surface area contributed by atoms with Crippen molar-refractivity contribution in [1.82, 2.24) is 4.40 Å². The van der Waals surface area contributed by atoms with Crippen molar-refractivity contribution in [3.8, 4) is 11.1 Å². The molecule has 0 amide bonds. The minimum Gasteiger partial charge on any atom is -0.308 e. The summed E-state index contributed by atoms with van der Waals surface area (Å²) in [6.45, 7) is 6.35. The smallest absolute Gasteiger partial charge is 0.245 e. The number of aromatic nitrogens is 1. The van der Waals surface area contributed by atoms with E-state index in [4.69, 9.17) is 0 Å². The Morgan fingerprint density at radius 1 is 0.525 bits per heavy atom. The number of hydrogen-bond donors (Lipinski definition) is 0. The van der Waals surface area contributed by atoms with Crippen molar-refractivity contribution in [3.05, 3.63) is 222 Å². The van der Waals surface area contributed by atoms with Gasteiger partial charge in [-0.3, -0.25) is 9.59 Å². The van der Waals surface area contributed by atoms with Gasteiger partial charge in [0.25, 0.3) is 0 Å². The molecule has 1 aliphatic heterocycles. The SMILES string of the molecule is Cc1cc(C)c(B2c3ccccc3Sc3cc4c(=O)c5cc(-c6ccc7c(c6)C6c8ccccc8C8c9ccccc9C786)ccc5n5c6ccccc6c(=O)c(c32)c45)c(C)c1. The number of aryl methyl sites for hydroxylation is 3. The molecule has 5 heteroatoms. The molecule has 0 radical (unpaired) electrons. The van der Waals surface area contributed by atoms with Crippen LogP contribution in [0.25, 0.3) is 49.2 Å². The summed E-state index contributed by atoms with van der Waals surface area (Å²) in [5.41, 5.74) is 20.1. The number of rotatable bonds is 2. The molecule has 3 heterocycles. The monoisotopic (exact) mass is 797 g/mol. The molecule has 0 fully saturated rings. The van der Waals surface area contributed by atoms with Crippen molar-refractivity contribution in [3.63, 3.8) is 0 Å². The largest absolute Gasteiger partial charge is 0.308 e. The third-order valence-corrected chi connectivity index (χ3v) is 16.2. The molecule has 2 aromatic heterocycles. The van der Waals surface area contributed by atoms with Gasteiger partial charge in [0, 0.05) is 48.6 Å². The number of para-hydroxylation sites is 1. The zero-order chi connectivity index (χ0) is 40.6. The number of pyridine rings is 2. The van der Waals surface area contributed by atoms with Gasteiger partial charge in [-0.05, 0) is 107 Å². The van der Waals surface area contributed by atoms with Gasteiger partial charge < -0.3 is 4.40 Å². The third-order valence-electron chi connectivity index (χ3n) is 15.0. The van der Waals surface area contributed by atoms with Gasteiger partial charge in [-0.1, -0.05) is 155 Å². The van der Waals surface area contributed by atoms with E-state index in [1.54, 1.807) is 11.8 Å². The fourth-order valence-electron chi connectivity index (χ4n) is 12.9. The molecule has 0 N–H and O–H groups in total. The first kappa shape index (κ1) is 34.1. The maximum absolute atomic E-state index is 15.3. The summed E-state index contributed by atoms with van der Waals surface area (Å²) in [5, 5.41) is 2.54. The first-order valence-electron chi connectivity index (χ1n) is 21.4. The van der Waals surface area contributed by atoms with E-state index in [0.717, 1.165) is 37.4 Å². The fraction of sp³-hybridized carbons (Fsp3) is 0.107. The van der Waals surface area contributed by atoms with Gasteiger partial charge in [0.2, 0.25) is 6.71 Å². The van der Waals surface area contributed by atoms with Crippen LogP contribution in [0.1, 0.15) is 61.9 Å². The minimum absolute atomic E-state index is 0.00792. The highest BCUT2D eigenvalue weighted by Crippen LogP contribution is 2.77. The van der Waals surface area contributed by atoms with Crippen LogP contribution in [0.4, 0.5) is 0 Å². The molecule has 1 spiro atoms. The van der Waals surface area contributed by atoms with E-state index in [-0.39, 0.29) is 23.0 Å². The van der Waals surface area contributed by atoms with Crippen molar-refractivity contribution in [2.75, 3.05) is 0 Å². The molecule has 3 aliphatic carbocycles. The molecule has 3 nitrogen and oxygen atoms in total. The summed E-state index contributed by atoms with van der Waals surface area (Å²) in [6.07, 6.45) is 0. The Labute approximate surface area is 356 Å². The van der Waals surface area contributed by atoms with Crippen LogP contribution in [0.2, 0.25) is 0 Å².